The molecule has 0 bridgehead atoms. The summed E-state index contributed by atoms with van der Waals surface area (Å²) in [5, 5.41) is 5.43. The van der Waals surface area contributed by atoms with Crippen LogP contribution in [0.3, 0.4) is 0 Å². The van der Waals surface area contributed by atoms with Gasteiger partial charge in [-0.05, 0) is 80.1 Å². The fourth-order valence-corrected chi connectivity index (χ4v) is 4.38. The maximum atomic E-state index is 12.6. The van der Waals surface area contributed by atoms with Crippen LogP contribution in [-0.2, 0) is 11.8 Å². The summed E-state index contributed by atoms with van der Waals surface area (Å²) in [4.78, 5) is 17.1. The Labute approximate surface area is 177 Å². The van der Waals surface area contributed by atoms with Crippen molar-refractivity contribution >= 4 is 22.4 Å². The standard InChI is InChI=1S/C24H30N2O2S/c1-13-14(2)16(4)19(17(5)15(13)3)11-18-9-10-20(28-18)22(27)26-23-25-21(12-29-23)24(6,7)8/h9-10,12H,11H2,1-8H3,(H,25,26,27). The molecule has 1 aromatic carbocycles. The highest BCUT2D eigenvalue weighted by atomic mass is 32.1. The van der Waals surface area contributed by atoms with Crippen LogP contribution in [0, 0.1) is 34.6 Å². The summed E-state index contributed by atoms with van der Waals surface area (Å²) in [6, 6.07) is 3.63. The molecule has 1 N–H and O–H groups in total. The molecule has 0 atom stereocenters. The van der Waals surface area contributed by atoms with Crippen molar-refractivity contribution in [3.8, 4) is 0 Å². The Morgan fingerprint density at radius 1 is 1.00 bits per heavy atom. The van der Waals surface area contributed by atoms with Crippen molar-refractivity contribution in [2.24, 2.45) is 0 Å². The van der Waals surface area contributed by atoms with E-state index in [2.05, 4.69) is 65.7 Å². The Bertz CT molecular complexity index is 1040. The lowest BCUT2D eigenvalue weighted by atomic mass is 9.88. The van der Waals surface area contributed by atoms with E-state index in [9.17, 15) is 4.79 Å². The number of hydrogen-bond donors (Lipinski definition) is 1. The number of hydrogen-bond acceptors (Lipinski definition) is 4. The number of furan rings is 1. The lowest BCUT2D eigenvalue weighted by Gasteiger charge is -2.18. The zero-order valence-electron chi connectivity index (χ0n) is 18.6. The first-order valence-electron chi connectivity index (χ1n) is 9.91. The van der Waals surface area contributed by atoms with Gasteiger partial charge in [-0.2, -0.15) is 0 Å². The summed E-state index contributed by atoms with van der Waals surface area (Å²) < 4.78 is 5.88. The highest BCUT2D eigenvalue weighted by molar-refractivity contribution is 7.14. The molecule has 0 radical (unpaired) electrons. The van der Waals surface area contributed by atoms with Crippen LogP contribution < -0.4 is 5.32 Å². The van der Waals surface area contributed by atoms with Crippen LogP contribution in [0.25, 0.3) is 0 Å². The predicted molar refractivity (Wildman–Crippen MR) is 120 cm³/mol. The zero-order chi connectivity index (χ0) is 21.5. The molecule has 154 valence electrons. The Hall–Kier alpha value is -2.40. The summed E-state index contributed by atoms with van der Waals surface area (Å²) in [5.74, 6) is 0.831. The van der Waals surface area contributed by atoms with Gasteiger partial charge in [0.1, 0.15) is 5.76 Å². The van der Waals surface area contributed by atoms with E-state index in [1.54, 1.807) is 6.07 Å². The zero-order valence-corrected chi connectivity index (χ0v) is 19.4. The largest absolute Gasteiger partial charge is 0.456 e. The number of rotatable bonds is 4. The molecule has 0 fully saturated rings. The summed E-state index contributed by atoms with van der Waals surface area (Å²) in [7, 11) is 0. The summed E-state index contributed by atoms with van der Waals surface area (Å²) >= 11 is 1.43. The molecule has 0 unspecified atom stereocenters. The fraction of sp³-hybridized carbons (Fsp3) is 0.417. The molecule has 3 rings (SSSR count). The molecule has 2 aromatic heterocycles. The second kappa shape index (κ2) is 7.79. The molecule has 0 spiro atoms. The van der Waals surface area contributed by atoms with Crippen LogP contribution in [0.1, 0.15) is 76.2 Å². The third-order valence-electron chi connectivity index (χ3n) is 5.88. The van der Waals surface area contributed by atoms with Crippen LogP contribution >= 0.6 is 11.3 Å². The van der Waals surface area contributed by atoms with E-state index in [1.807, 2.05) is 11.4 Å². The number of nitrogens with zero attached hydrogens (tertiary/aromatic N) is 1. The SMILES string of the molecule is Cc1c(C)c(C)c(Cc2ccc(C(=O)Nc3nc(C(C)(C)C)cs3)o2)c(C)c1C. The fourth-order valence-electron chi connectivity index (χ4n) is 3.45. The summed E-state index contributed by atoms with van der Waals surface area (Å²) in [6.45, 7) is 17.1. The van der Waals surface area contributed by atoms with E-state index >= 15 is 0 Å². The number of carbonyl (C=O) groups is 1. The highest BCUT2D eigenvalue weighted by Crippen LogP contribution is 2.29. The van der Waals surface area contributed by atoms with E-state index < -0.39 is 0 Å². The number of nitrogens with one attached hydrogen (secondary N) is 1. The number of aromatic nitrogens is 1. The molecule has 0 aliphatic heterocycles. The Morgan fingerprint density at radius 3 is 2.14 bits per heavy atom. The van der Waals surface area contributed by atoms with Crippen LogP contribution in [0.15, 0.2) is 21.9 Å². The second-order valence-electron chi connectivity index (χ2n) is 8.79. The summed E-state index contributed by atoms with van der Waals surface area (Å²) in [6.07, 6.45) is 0.679. The maximum absolute atomic E-state index is 12.6. The monoisotopic (exact) mass is 410 g/mol. The molecule has 2 heterocycles. The van der Waals surface area contributed by atoms with Gasteiger partial charge in [0.25, 0.3) is 5.91 Å². The maximum Gasteiger partial charge on any atom is 0.293 e. The Kier molecular flexibility index (Phi) is 5.72. The molecule has 0 aliphatic rings. The van der Waals surface area contributed by atoms with Gasteiger partial charge in [0, 0.05) is 17.2 Å². The van der Waals surface area contributed by atoms with Gasteiger partial charge in [-0.25, -0.2) is 4.98 Å². The molecule has 29 heavy (non-hydrogen) atoms. The van der Waals surface area contributed by atoms with Crippen molar-refractivity contribution < 1.29 is 9.21 Å². The minimum absolute atomic E-state index is 0.0443. The number of anilines is 1. The molecular weight excluding hydrogens is 380 g/mol. The Morgan fingerprint density at radius 2 is 1.59 bits per heavy atom. The number of carbonyl (C=O) groups excluding carboxylic acids is 1. The number of benzene rings is 1. The third kappa shape index (κ3) is 4.30. The smallest absolute Gasteiger partial charge is 0.293 e. The van der Waals surface area contributed by atoms with Gasteiger partial charge >= 0.3 is 0 Å². The predicted octanol–water partition coefficient (Wildman–Crippen LogP) is 6.42. The van der Waals surface area contributed by atoms with E-state index in [-0.39, 0.29) is 11.3 Å². The van der Waals surface area contributed by atoms with Crippen molar-refractivity contribution in [2.45, 2.75) is 67.2 Å². The van der Waals surface area contributed by atoms with Crippen molar-refractivity contribution in [2.75, 3.05) is 5.32 Å². The lowest BCUT2D eigenvalue weighted by Crippen LogP contribution is -2.13. The van der Waals surface area contributed by atoms with Crippen LogP contribution in [0.4, 0.5) is 5.13 Å². The van der Waals surface area contributed by atoms with Crippen LogP contribution in [0.2, 0.25) is 0 Å². The second-order valence-corrected chi connectivity index (χ2v) is 9.65. The van der Waals surface area contributed by atoms with Gasteiger partial charge in [-0.1, -0.05) is 20.8 Å². The van der Waals surface area contributed by atoms with Gasteiger partial charge in [-0.3, -0.25) is 10.1 Å². The minimum atomic E-state index is -0.268. The molecule has 0 saturated carbocycles. The quantitative estimate of drug-likeness (QED) is 0.540. The van der Waals surface area contributed by atoms with Gasteiger partial charge in [0.2, 0.25) is 0 Å². The van der Waals surface area contributed by atoms with Crippen molar-refractivity contribution in [3.63, 3.8) is 0 Å². The third-order valence-corrected chi connectivity index (χ3v) is 6.64. The topological polar surface area (TPSA) is 55.1 Å². The van der Waals surface area contributed by atoms with Crippen molar-refractivity contribution in [1.29, 1.82) is 0 Å². The number of thiazole rings is 1. The van der Waals surface area contributed by atoms with Crippen molar-refractivity contribution in [3.05, 3.63) is 68.1 Å². The van der Waals surface area contributed by atoms with E-state index in [1.165, 1.54) is 44.7 Å². The average Bonchev–Trinajstić information content (AvgIpc) is 3.31. The van der Waals surface area contributed by atoms with Gasteiger partial charge < -0.3 is 4.42 Å². The molecule has 1 amide bonds. The van der Waals surface area contributed by atoms with Gasteiger partial charge in [0.05, 0.1) is 5.69 Å². The average molecular weight is 411 g/mol. The Balaban J connectivity index is 1.78. The molecule has 0 saturated heterocycles. The first-order valence-corrected chi connectivity index (χ1v) is 10.8. The van der Waals surface area contributed by atoms with E-state index in [4.69, 9.17) is 4.42 Å². The highest BCUT2D eigenvalue weighted by Gasteiger charge is 2.20. The molecule has 5 heteroatoms. The first-order chi connectivity index (χ1) is 13.5. The molecular formula is C24H30N2O2S. The lowest BCUT2D eigenvalue weighted by molar-refractivity contribution is 0.0995. The van der Waals surface area contributed by atoms with Crippen LogP contribution in [0.5, 0.6) is 0 Å². The number of amides is 1. The van der Waals surface area contributed by atoms with E-state index in [0.717, 1.165) is 11.5 Å². The van der Waals surface area contributed by atoms with Crippen LogP contribution in [-0.4, -0.2) is 10.9 Å². The first kappa shape index (κ1) is 21.3. The molecule has 4 nitrogen and oxygen atoms in total. The van der Waals surface area contributed by atoms with Gasteiger partial charge in [0.15, 0.2) is 10.9 Å². The molecule has 3 aromatic rings. The van der Waals surface area contributed by atoms with E-state index in [0.29, 0.717) is 17.3 Å². The minimum Gasteiger partial charge on any atom is -0.456 e. The normalized spacial score (nSPS) is 11.7. The van der Waals surface area contributed by atoms with Crippen molar-refractivity contribution in [1.82, 2.24) is 4.98 Å². The van der Waals surface area contributed by atoms with Gasteiger partial charge in [-0.15, -0.1) is 11.3 Å². The summed E-state index contributed by atoms with van der Waals surface area (Å²) in [5.41, 5.74) is 8.79. The molecule has 0 aliphatic carbocycles.